The van der Waals surface area contributed by atoms with Gasteiger partial charge in [-0.05, 0) is 50.5 Å². The van der Waals surface area contributed by atoms with Crippen LogP contribution in [0.5, 0.6) is 0 Å². The van der Waals surface area contributed by atoms with Crippen molar-refractivity contribution < 1.29 is 9.84 Å². The molecule has 0 radical (unpaired) electrons. The Hall–Kier alpha value is -0.120. The van der Waals surface area contributed by atoms with E-state index in [1.807, 2.05) is 6.92 Å². The summed E-state index contributed by atoms with van der Waals surface area (Å²) in [7, 11) is 0. The first-order valence-corrected chi connectivity index (χ1v) is 8.06. The van der Waals surface area contributed by atoms with Gasteiger partial charge in [-0.1, -0.05) is 20.8 Å². The highest BCUT2D eigenvalue weighted by Crippen LogP contribution is 2.34. The lowest BCUT2D eigenvalue weighted by atomic mass is 9.74. The van der Waals surface area contributed by atoms with Gasteiger partial charge in [-0.3, -0.25) is 0 Å². The molecule has 0 aromatic heterocycles. The predicted octanol–water partition coefficient (Wildman–Crippen LogP) is 2.78. The fraction of sp³-hybridized carbons (Fsp3) is 1.00. The molecule has 1 aliphatic carbocycles. The van der Waals surface area contributed by atoms with Gasteiger partial charge in [0.1, 0.15) is 0 Å². The maximum absolute atomic E-state index is 10.2. The van der Waals surface area contributed by atoms with Crippen molar-refractivity contribution in [2.45, 2.75) is 53.1 Å². The summed E-state index contributed by atoms with van der Waals surface area (Å²) in [6, 6.07) is 0. The van der Waals surface area contributed by atoms with Gasteiger partial charge in [0.05, 0.1) is 12.7 Å². The summed E-state index contributed by atoms with van der Waals surface area (Å²) < 4.78 is 5.44. The Morgan fingerprint density at radius 2 is 2.00 bits per heavy atom. The van der Waals surface area contributed by atoms with E-state index >= 15 is 0 Å². The number of ether oxygens (including phenoxy) is 1. The van der Waals surface area contributed by atoms with Crippen molar-refractivity contribution in [3.63, 3.8) is 0 Å². The number of nitrogens with zero attached hydrogens (tertiary/aromatic N) is 1. The minimum absolute atomic E-state index is 0.101. The maximum Gasteiger partial charge on any atom is 0.0593 e. The summed E-state index contributed by atoms with van der Waals surface area (Å²) in [5.74, 6) is 1.98. The molecule has 3 heteroatoms. The summed E-state index contributed by atoms with van der Waals surface area (Å²) in [6.07, 6.45) is 3.26. The molecule has 1 N–H and O–H groups in total. The average molecular weight is 271 g/mol. The molecular weight excluding hydrogens is 238 g/mol. The van der Waals surface area contributed by atoms with E-state index in [4.69, 9.17) is 4.74 Å². The van der Waals surface area contributed by atoms with E-state index in [0.29, 0.717) is 5.92 Å². The first-order chi connectivity index (χ1) is 9.08. The van der Waals surface area contributed by atoms with Crippen molar-refractivity contribution in [1.82, 2.24) is 4.90 Å². The molecule has 3 nitrogen and oxygen atoms in total. The molecule has 19 heavy (non-hydrogen) atoms. The lowest BCUT2D eigenvalue weighted by Crippen LogP contribution is -2.40. The molecule has 0 aromatic carbocycles. The normalized spacial score (nSPS) is 28.3. The average Bonchev–Trinajstić information content (AvgIpc) is 2.39. The van der Waals surface area contributed by atoms with E-state index < -0.39 is 0 Å². The second kappa shape index (κ2) is 8.93. The zero-order valence-corrected chi connectivity index (χ0v) is 13.3. The van der Waals surface area contributed by atoms with E-state index in [1.165, 1.54) is 12.8 Å². The molecule has 1 saturated carbocycles. The molecule has 0 aromatic rings. The van der Waals surface area contributed by atoms with Gasteiger partial charge in [0.15, 0.2) is 0 Å². The predicted molar refractivity (Wildman–Crippen MR) is 80.3 cm³/mol. The van der Waals surface area contributed by atoms with E-state index in [2.05, 4.69) is 25.7 Å². The maximum atomic E-state index is 10.2. The molecule has 0 saturated heterocycles. The van der Waals surface area contributed by atoms with Gasteiger partial charge in [0.2, 0.25) is 0 Å². The summed E-state index contributed by atoms with van der Waals surface area (Å²) in [4.78, 5) is 2.42. The number of aliphatic hydroxyl groups is 1. The monoisotopic (exact) mass is 271 g/mol. The minimum Gasteiger partial charge on any atom is -0.393 e. The zero-order valence-electron chi connectivity index (χ0n) is 13.3. The van der Waals surface area contributed by atoms with Crippen molar-refractivity contribution in [3.05, 3.63) is 0 Å². The Bertz CT molecular complexity index is 233. The molecule has 0 aliphatic heterocycles. The fourth-order valence-electron chi connectivity index (χ4n) is 3.13. The lowest BCUT2D eigenvalue weighted by molar-refractivity contribution is 0.0140. The second-order valence-electron chi connectivity index (χ2n) is 6.23. The molecule has 0 bridgehead atoms. The van der Waals surface area contributed by atoms with Gasteiger partial charge in [0, 0.05) is 19.7 Å². The summed E-state index contributed by atoms with van der Waals surface area (Å²) in [5, 5.41) is 10.2. The number of hydrogen-bond donors (Lipinski definition) is 1. The van der Waals surface area contributed by atoms with Crippen LogP contribution in [0.1, 0.15) is 47.0 Å². The molecule has 0 amide bonds. The van der Waals surface area contributed by atoms with Gasteiger partial charge in [0.25, 0.3) is 0 Å². The van der Waals surface area contributed by atoms with Crippen molar-refractivity contribution >= 4 is 0 Å². The lowest BCUT2D eigenvalue weighted by Gasteiger charge is -2.37. The van der Waals surface area contributed by atoms with Gasteiger partial charge < -0.3 is 14.7 Å². The SMILES string of the molecule is CCOCCN(CC)CC1CC(C(C)C)CCC1O. The summed E-state index contributed by atoms with van der Waals surface area (Å²) in [5.41, 5.74) is 0. The van der Waals surface area contributed by atoms with E-state index in [9.17, 15) is 5.11 Å². The molecule has 0 heterocycles. The van der Waals surface area contributed by atoms with Gasteiger partial charge >= 0.3 is 0 Å². The Balaban J connectivity index is 2.42. The van der Waals surface area contributed by atoms with Gasteiger partial charge in [-0.25, -0.2) is 0 Å². The van der Waals surface area contributed by atoms with E-state index in [-0.39, 0.29) is 6.10 Å². The summed E-state index contributed by atoms with van der Waals surface area (Å²) >= 11 is 0. The Morgan fingerprint density at radius 3 is 2.58 bits per heavy atom. The van der Waals surface area contributed by atoms with Gasteiger partial charge in [-0.15, -0.1) is 0 Å². The molecule has 1 rings (SSSR count). The topological polar surface area (TPSA) is 32.7 Å². The molecule has 0 spiro atoms. The fourth-order valence-corrected chi connectivity index (χ4v) is 3.13. The molecule has 1 fully saturated rings. The van der Waals surface area contributed by atoms with Crippen LogP contribution >= 0.6 is 0 Å². The van der Waals surface area contributed by atoms with Crippen molar-refractivity contribution in [2.24, 2.45) is 17.8 Å². The Morgan fingerprint density at radius 1 is 1.26 bits per heavy atom. The standard InChI is InChI=1S/C16H33NO2/c1-5-17(9-10-19-6-2)12-15-11-14(13(3)4)7-8-16(15)18/h13-16,18H,5-12H2,1-4H3. The largest absolute Gasteiger partial charge is 0.393 e. The third-order valence-corrected chi connectivity index (χ3v) is 4.62. The van der Waals surface area contributed by atoms with E-state index in [0.717, 1.165) is 51.1 Å². The van der Waals surface area contributed by atoms with Crippen LogP contribution in [0.15, 0.2) is 0 Å². The van der Waals surface area contributed by atoms with Crippen LogP contribution in [0.2, 0.25) is 0 Å². The highest BCUT2D eigenvalue weighted by molar-refractivity contribution is 4.83. The third-order valence-electron chi connectivity index (χ3n) is 4.62. The van der Waals surface area contributed by atoms with Crippen molar-refractivity contribution in [1.29, 1.82) is 0 Å². The van der Waals surface area contributed by atoms with Crippen LogP contribution in [-0.2, 0) is 4.74 Å². The molecule has 3 atom stereocenters. The molecule has 1 aliphatic rings. The van der Waals surface area contributed by atoms with E-state index in [1.54, 1.807) is 0 Å². The Labute approximate surface area is 119 Å². The highest BCUT2D eigenvalue weighted by Gasteiger charge is 2.31. The van der Waals surface area contributed by atoms with Crippen LogP contribution in [-0.4, -0.2) is 49.0 Å². The first kappa shape index (κ1) is 16.9. The number of likely N-dealkylation sites (N-methyl/N-ethyl adjacent to an activating group) is 1. The first-order valence-electron chi connectivity index (χ1n) is 8.06. The quantitative estimate of drug-likeness (QED) is 0.689. The number of rotatable bonds is 8. The summed E-state index contributed by atoms with van der Waals surface area (Å²) in [6.45, 7) is 13.5. The van der Waals surface area contributed by atoms with Crippen molar-refractivity contribution in [2.75, 3.05) is 32.8 Å². The third kappa shape index (κ3) is 5.80. The van der Waals surface area contributed by atoms with Crippen LogP contribution in [0.3, 0.4) is 0 Å². The van der Waals surface area contributed by atoms with Crippen molar-refractivity contribution in [3.8, 4) is 0 Å². The zero-order chi connectivity index (χ0) is 14.3. The van der Waals surface area contributed by atoms with Crippen LogP contribution < -0.4 is 0 Å². The van der Waals surface area contributed by atoms with Crippen LogP contribution in [0.25, 0.3) is 0 Å². The van der Waals surface area contributed by atoms with Crippen LogP contribution in [0, 0.1) is 17.8 Å². The number of hydrogen-bond acceptors (Lipinski definition) is 3. The number of aliphatic hydroxyl groups excluding tert-OH is 1. The highest BCUT2D eigenvalue weighted by atomic mass is 16.5. The molecule has 3 unspecified atom stereocenters. The molecular formula is C16H33NO2. The second-order valence-corrected chi connectivity index (χ2v) is 6.23. The van der Waals surface area contributed by atoms with Gasteiger partial charge in [-0.2, -0.15) is 0 Å². The minimum atomic E-state index is -0.101. The molecule has 114 valence electrons. The van der Waals surface area contributed by atoms with Crippen LogP contribution in [0.4, 0.5) is 0 Å². The Kier molecular flexibility index (Phi) is 7.96. The smallest absolute Gasteiger partial charge is 0.0593 e.